The number of hydrogen-bond donors (Lipinski definition) is 0. The molecule has 6 heteroatoms. The average Bonchev–Trinajstić information content (AvgIpc) is 0.722. The van der Waals surface area contributed by atoms with Crippen molar-refractivity contribution >= 4 is 29.6 Å². The summed E-state index contributed by atoms with van der Waals surface area (Å²) < 4.78 is 39.6. The summed E-state index contributed by atoms with van der Waals surface area (Å²) in [5, 5.41) is 0. The summed E-state index contributed by atoms with van der Waals surface area (Å²) in [7, 11) is 0. The standard InChI is InChI=1S/4FH.Na.Zr.H/h4*1H;;;/q;;;;;+4;/p-4. The Labute approximate surface area is 62.1 Å². The van der Waals surface area contributed by atoms with Crippen molar-refractivity contribution in [2.75, 3.05) is 0 Å². The monoisotopic (exact) mass is 190 g/mol. The fourth-order valence-corrected chi connectivity index (χ4v) is 0. The number of halogens is 4. The van der Waals surface area contributed by atoms with Crippen molar-refractivity contribution < 1.29 is 33.2 Å². The summed E-state index contributed by atoms with van der Waals surface area (Å²) in [4.78, 5) is 0. The molecular formula is HF4NaZr. The first-order valence-electron chi connectivity index (χ1n) is 0.756. The Morgan fingerprint density at radius 1 is 0.833 bits per heavy atom. The summed E-state index contributed by atoms with van der Waals surface area (Å²) >= 11 is -7.18. The van der Waals surface area contributed by atoms with Gasteiger partial charge in [0.15, 0.2) is 0 Å². The van der Waals surface area contributed by atoms with Crippen LogP contribution >= 0.6 is 0 Å². The van der Waals surface area contributed by atoms with Gasteiger partial charge in [-0.15, -0.1) is 0 Å². The van der Waals surface area contributed by atoms with Gasteiger partial charge in [-0.2, -0.15) is 0 Å². The van der Waals surface area contributed by atoms with E-state index >= 15 is 0 Å². The van der Waals surface area contributed by atoms with Crippen LogP contribution in [0.1, 0.15) is 0 Å². The van der Waals surface area contributed by atoms with Gasteiger partial charge in [0, 0.05) is 0 Å². The van der Waals surface area contributed by atoms with E-state index in [0.717, 1.165) is 0 Å². The van der Waals surface area contributed by atoms with E-state index in [4.69, 9.17) is 0 Å². The summed E-state index contributed by atoms with van der Waals surface area (Å²) in [5.74, 6) is 0. The van der Waals surface area contributed by atoms with Gasteiger partial charge in [-0.1, -0.05) is 0 Å². The van der Waals surface area contributed by atoms with E-state index in [1.165, 1.54) is 0 Å². The zero-order valence-corrected chi connectivity index (χ0v) is 4.47. The first-order valence-corrected chi connectivity index (χ1v) is 4.47. The molecule has 0 aromatic heterocycles. The molecule has 0 amide bonds. The predicted molar refractivity (Wildman–Crippen MR) is 11.6 cm³/mol. The van der Waals surface area contributed by atoms with Gasteiger partial charge in [-0.05, 0) is 0 Å². The first-order chi connectivity index (χ1) is 2.00. The molecule has 0 bridgehead atoms. The molecule has 0 fully saturated rings. The Morgan fingerprint density at radius 3 is 0.833 bits per heavy atom. The van der Waals surface area contributed by atoms with Gasteiger partial charge >= 0.3 is 62.8 Å². The van der Waals surface area contributed by atoms with Crippen LogP contribution in [0.15, 0.2) is 0 Å². The maximum atomic E-state index is 9.90. The van der Waals surface area contributed by atoms with Crippen molar-refractivity contribution in [3.05, 3.63) is 0 Å². The molecule has 0 rings (SSSR count). The molecule has 0 radical (unpaired) electrons. The van der Waals surface area contributed by atoms with Crippen LogP contribution in [-0.2, 0) is 22.7 Å². The molecule has 0 N–H and O–H groups in total. The molecule has 0 nitrogen and oxygen atoms in total. The predicted octanol–water partition coefficient (Wildman–Crippen LogP) is 1.03. The summed E-state index contributed by atoms with van der Waals surface area (Å²) in [5.41, 5.74) is 0. The fourth-order valence-electron chi connectivity index (χ4n) is 0. The van der Waals surface area contributed by atoms with E-state index in [0.29, 0.717) is 0 Å². The van der Waals surface area contributed by atoms with Gasteiger partial charge in [-0.3, -0.25) is 0 Å². The first kappa shape index (κ1) is 10.6. The molecule has 34 valence electrons. The third-order valence-electron chi connectivity index (χ3n) is 0. The van der Waals surface area contributed by atoms with Crippen molar-refractivity contribution in [1.82, 2.24) is 0 Å². The van der Waals surface area contributed by atoms with Crippen molar-refractivity contribution in [3.8, 4) is 0 Å². The van der Waals surface area contributed by atoms with Crippen LogP contribution in [0, 0.1) is 0 Å². The summed E-state index contributed by atoms with van der Waals surface area (Å²) in [6, 6.07) is 0. The SMILES string of the molecule is [F][Zr]([F])([F])[F].[NaH]. The van der Waals surface area contributed by atoms with Gasteiger partial charge in [0.2, 0.25) is 0 Å². The molecule has 0 aliphatic rings. The number of hydrogen-bond acceptors (Lipinski definition) is 0. The van der Waals surface area contributed by atoms with E-state index in [9.17, 15) is 10.5 Å². The Kier molecular flexibility index (Phi) is 6.31. The second kappa shape index (κ2) is 3.59. The molecule has 0 aromatic carbocycles. The van der Waals surface area contributed by atoms with E-state index in [-0.39, 0.29) is 29.6 Å². The van der Waals surface area contributed by atoms with Crippen LogP contribution in [0.4, 0.5) is 10.5 Å². The third-order valence-corrected chi connectivity index (χ3v) is 0. The molecule has 6 heavy (non-hydrogen) atoms. The van der Waals surface area contributed by atoms with E-state index in [2.05, 4.69) is 0 Å². The van der Waals surface area contributed by atoms with E-state index in [1.54, 1.807) is 0 Å². The van der Waals surface area contributed by atoms with Gasteiger partial charge in [0.1, 0.15) is 0 Å². The fraction of sp³-hybridized carbons (Fsp3) is 0. The van der Waals surface area contributed by atoms with Crippen LogP contribution < -0.4 is 0 Å². The topological polar surface area (TPSA) is 0 Å². The molecule has 0 aliphatic carbocycles. The average molecular weight is 191 g/mol. The van der Waals surface area contributed by atoms with Crippen molar-refractivity contribution in [1.29, 1.82) is 0 Å². The van der Waals surface area contributed by atoms with Crippen LogP contribution in [0.25, 0.3) is 0 Å². The molecule has 0 atom stereocenters. The minimum absolute atomic E-state index is 0. The molecule has 0 spiro atoms. The minimum atomic E-state index is -7.18. The summed E-state index contributed by atoms with van der Waals surface area (Å²) in [6.45, 7) is 0. The van der Waals surface area contributed by atoms with Gasteiger partial charge in [0.25, 0.3) is 0 Å². The second-order valence-electron chi connectivity index (χ2n) is 0.429. The second-order valence-corrected chi connectivity index (χ2v) is 2.54. The molecule has 0 unspecified atom stereocenters. The summed E-state index contributed by atoms with van der Waals surface area (Å²) in [6.07, 6.45) is 0. The zero-order chi connectivity index (χ0) is 4.50. The van der Waals surface area contributed by atoms with Gasteiger partial charge < -0.3 is 0 Å². The number of rotatable bonds is 0. The van der Waals surface area contributed by atoms with Crippen LogP contribution in [0.3, 0.4) is 0 Å². The molecule has 0 saturated heterocycles. The van der Waals surface area contributed by atoms with Crippen LogP contribution in [0.5, 0.6) is 0 Å². The molecule has 0 aromatic rings. The molecular weight excluding hydrogens is 190 g/mol. The van der Waals surface area contributed by atoms with Gasteiger partial charge in [-0.25, -0.2) is 0 Å². The van der Waals surface area contributed by atoms with Crippen molar-refractivity contribution in [3.63, 3.8) is 0 Å². The Bertz CT molecular complexity index is 23.0. The van der Waals surface area contributed by atoms with E-state index in [1.807, 2.05) is 0 Å². The molecule has 0 saturated carbocycles. The quantitative estimate of drug-likeness (QED) is 0.396. The van der Waals surface area contributed by atoms with Crippen LogP contribution in [-0.4, -0.2) is 29.6 Å². The Hall–Kier alpha value is 1.60. The maximum absolute atomic E-state index is 9.90. The van der Waals surface area contributed by atoms with Crippen LogP contribution in [0.2, 0.25) is 0 Å². The van der Waals surface area contributed by atoms with Gasteiger partial charge in [0.05, 0.1) is 0 Å². The zero-order valence-electron chi connectivity index (χ0n) is 2.01. The molecule has 0 heterocycles. The Balaban J connectivity index is 0. The normalized spacial score (nSPS) is 10.0. The third kappa shape index (κ3) is 46.2. The van der Waals surface area contributed by atoms with Crippen molar-refractivity contribution in [2.24, 2.45) is 0 Å². The van der Waals surface area contributed by atoms with E-state index < -0.39 is 22.7 Å². The molecule has 0 aliphatic heterocycles. The van der Waals surface area contributed by atoms with Crippen molar-refractivity contribution in [2.45, 2.75) is 0 Å². The Morgan fingerprint density at radius 2 is 0.833 bits per heavy atom.